The Balaban J connectivity index is 1.54. The minimum atomic E-state index is -0.355. The summed E-state index contributed by atoms with van der Waals surface area (Å²) in [5, 5.41) is 3.59. The van der Waals surface area contributed by atoms with E-state index in [0.717, 1.165) is 22.4 Å². The van der Waals surface area contributed by atoms with Crippen LogP contribution in [0.2, 0.25) is 0 Å². The number of fused-ring (bicyclic) bond motifs is 2. The van der Waals surface area contributed by atoms with Crippen molar-refractivity contribution in [2.24, 2.45) is 7.05 Å². The minimum absolute atomic E-state index is 0.299. The summed E-state index contributed by atoms with van der Waals surface area (Å²) in [7, 11) is 1.95. The van der Waals surface area contributed by atoms with Crippen molar-refractivity contribution in [1.29, 1.82) is 0 Å². The molecule has 3 heterocycles. The maximum Gasteiger partial charge on any atom is 0.272 e. The van der Waals surface area contributed by atoms with Gasteiger partial charge in [0.2, 0.25) is 0 Å². The van der Waals surface area contributed by atoms with Crippen molar-refractivity contribution in [2.75, 3.05) is 5.32 Å². The number of carbonyl (C=O) groups excluding carboxylic acids is 1. The summed E-state index contributed by atoms with van der Waals surface area (Å²) in [4.78, 5) is 26.1. The molecule has 31 heavy (non-hydrogen) atoms. The Morgan fingerprint density at radius 2 is 1.94 bits per heavy atom. The second-order valence-electron chi connectivity index (χ2n) is 7.39. The van der Waals surface area contributed by atoms with Crippen LogP contribution in [0.25, 0.3) is 21.9 Å². The lowest BCUT2D eigenvalue weighted by Crippen LogP contribution is -2.18. The monoisotopic (exact) mass is 414 g/mol. The van der Waals surface area contributed by atoms with Gasteiger partial charge in [-0.1, -0.05) is 0 Å². The molecule has 5 rings (SSSR count). The van der Waals surface area contributed by atoms with Crippen molar-refractivity contribution in [1.82, 2.24) is 24.1 Å². The lowest BCUT2D eigenvalue weighted by molar-refractivity contribution is 0.101. The van der Waals surface area contributed by atoms with Crippen LogP contribution in [0.4, 0.5) is 10.1 Å². The second-order valence-corrected chi connectivity index (χ2v) is 7.39. The zero-order valence-corrected chi connectivity index (χ0v) is 17.0. The van der Waals surface area contributed by atoms with Gasteiger partial charge in [0, 0.05) is 36.0 Å². The average Bonchev–Trinajstić information content (AvgIpc) is 3.25. The number of hydrogen-bond acceptors (Lipinski definition) is 4. The van der Waals surface area contributed by atoms with E-state index in [0.29, 0.717) is 29.0 Å². The SMILES string of the molecule is Cc1nc2cc(NC(=O)c3cc4cc(F)ccc4n3Cc3cnccn3)ccc2n1C. The number of rotatable bonds is 4. The molecule has 3 aromatic heterocycles. The Bertz CT molecular complexity index is 1440. The maximum absolute atomic E-state index is 13.8. The Hall–Kier alpha value is -4.07. The zero-order chi connectivity index (χ0) is 21.5. The largest absolute Gasteiger partial charge is 0.331 e. The molecule has 0 radical (unpaired) electrons. The van der Waals surface area contributed by atoms with Crippen LogP contribution >= 0.6 is 0 Å². The fraction of sp³-hybridized carbons (Fsp3) is 0.130. The van der Waals surface area contributed by atoms with E-state index < -0.39 is 0 Å². The van der Waals surface area contributed by atoms with Crippen LogP contribution in [0.15, 0.2) is 61.1 Å². The van der Waals surface area contributed by atoms with Crippen LogP contribution in [0.3, 0.4) is 0 Å². The molecular formula is C23H19FN6O. The van der Waals surface area contributed by atoms with Crippen LogP contribution < -0.4 is 5.32 Å². The fourth-order valence-electron chi connectivity index (χ4n) is 3.77. The quantitative estimate of drug-likeness (QED) is 0.481. The smallest absolute Gasteiger partial charge is 0.272 e. The minimum Gasteiger partial charge on any atom is -0.331 e. The van der Waals surface area contributed by atoms with Crippen molar-refractivity contribution in [3.8, 4) is 0 Å². The van der Waals surface area contributed by atoms with Gasteiger partial charge in [-0.25, -0.2) is 9.37 Å². The van der Waals surface area contributed by atoms with Crippen molar-refractivity contribution < 1.29 is 9.18 Å². The topological polar surface area (TPSA) is 77.6 Å². The molecule has 0 unspecified atom stereocenters. The highest BCUT2D eigenvalue weighted by Gasteiger charge is 2.18. The van der Waals surface area contributed by atoms with Crippen molar-refractivity contribution in [3.63, 3.8) is 0 Å². The number of nitrogens with zero attached hydrogens (tertiary/aromatic N) is 5. The average molecular weight is 414 g/mol. The Morgan fingerprint density at radius 3 is 2.74 bits per heavy atom. The number of benzene rings is 2. The lowest BCUT2D eigenvalue weighted by Gasteiger charge is -2.11. The van der Waals surface area contributed by atoms with E-state index in [1.807, 2.05) is 41.3 Å². The van der Waals surface area contributed by atoms with Crippen LogP contribution in [0.5, 0.6) is 0 Å². The van der Waals surface area contributed by atoms with Crippen LogP contribution in [-0.2, 0) is 13.6 Å². The molecule has 1 amide bonds. The molecule has 1 N–H and O–H groups in total. The first-order valence-electron chi connectivity index (χ1n) is 9.78. The molecule has 0 atom stereocenters. The number of halogens is 1. The maximum atomic E-state index is 13.8. The van der Waals surface area contributed by atoms with E-state index in [1.54, 1.807) is 30.7 Å². The number of nitrogens with one attached hydrogen (secondary N) is 1. The third-order valence-corrected chi connectivity index (χ3v) is 5.40. The number of aromatic nitrogens is 5. The lowest BCUT2D eigenvalue weighted by atomic mass is 10.2. The summed E-state index contributed by atoms with van der Waals surface area (Å²) in [6.07, 6.45) is 4.84. The van der Waals surface area contributed by atoms with E-state index in [1.165, 1.54) is 12.1 Å². The van der Waals surface area contributed by atoms with Gasteiger partial charge in [-0.2, -0.15) is 0 Å². The van der Waals surface area contributed by atoms with Crippen LogP contribution in [0, 0.1) is 12.7 Å². The van der Waals surface area contributed by atoms with Gasteiger partial charge in [0.25, 0.3) is 5.91 Å². The Labute approximate surface area is 177 Å². The molecule has 0 saturated heterocycles. The van der Waals surface area contributed by atoms with Gasteiger partial charge in [-0.15, -0.1) is 0 Å². The molecule has 0 saturated carbocycles. The van der Waals surface area contributed by atoms with E-state index in [-0.39, 0.29) is 11.7 Å². The number of hydrogen-bond donors (Lipinski definition) is 1. The molecular weight excluding hydrogens is 395 g/mol. The van der Waals surface area contributed by atoms with Crippen molar-refractivity contribution >= 4 is 33.5 Å². The van der Waals surface area contributed by atoms with E-state index in [2.05, 4.69) is 20.3 Å². The van der Waals surface area contributed by atoms with Gasteiger partial charge in [0.1, 0.15) is 17.3 Å². The van der Waals surface area contributed by atoms with Gasteiger partial charge >= 0.3 is 0 Å². The first kappa shape index (κ1) is 18.9. The standard InChI is InChI=1S/C23H19FN6O/c1-14-27-19-11-17(4-6-21(19)29(14)2)28-23(31)22-10-15-9-16(24)3-5-20(15)30(22)13-18-12-25-7-8-26-18/h3-12H,13H2,1-2H3,(H,28,31). The molecule has 0 bridgehead atoms. The van der Waals surface area contributed by atoms with Gasteiger partial charge < -0.3 is 14.5 Å². The normalized spacial score (nSPS) is 11.3. The first-order chi connectivity index (χ1) is 15.0. The number of imidazole rings is 1. The molecule has 0 aliphatic rings. The summed E-state index contributed by atoms with van der Waals surface area (Å²) in [5.41, 5.74) is 4.28. The molecule has 2 aromatic carbocycles. The molecule has 7 nitrogen and oxygen atoms in total. The van der Waals surface area contributed by atoms with Crippen LogP contribution in [-0.4, -0.2) is 30.0 Å². The molecule has 5 aromatic rings. The summed E-state index contributed by atoms with van der Waals surface area (Å²) in [5.74, 6) is 0.240. The molecule has 154 valence electrons. The fourth-order valence-corrected chi connectivity index (χ4v) is 3.77. The third-order valence-electron chi connectivity index (χ3n) is 5.40. The third kappa shape index (κ3) is 3.42. The highest BCUT2D eigenvalue weighted by molar-refractivity contribution is 6.07. The predicted octanol–water partition coefficient (Wildman–Crippen LogP) is 4.07. The van der Waals surface area contributed by atoms with Crippen molar-refractivity contribution in [3.05, 3.63) is 84.1 Å². The van der Waals surface area contributed by atoms with E-state index in [9.17, 15) is 9.18 Å². The molecule has 0 aliphatic carbocycles. The summed E-state index contributed by atoms with van der Waals surface area (Å²) in [6.45, 7) is 2.27. The molecule has 0 fully saturated rings. The molecule has 8 heteroatoms. The zero-order valence-electron chi connectivity index (χ0n) is 17.0. The van der Waals surface area contributed by atoms with E-state index in [4.69, 9.17) is 0 Å². The number of amides is 1. The number of carbonyl (C=O) groups is 1. The summed E-state index contributed by atoms with van der Waals surface area (Å²) < 4.78 is 17.6. The predicted molar refractivity (Wildman–Crippen MR) is 116 cm³/mol. The van der Waals surface area contributed by atoms with Gasteiger partial charge in [0.15, 0.2) is 0 Å². The Morgan fingerprint density at radius 1 is 1.10 bits per heavy atom. The van der Waals surface area contributed by atoms with Crippen molar-refractivity contribution in [2.45, 2.75) is 13.5 Å². The van der Waals surface area contributed by atoms with E-state index >= 15 is 0 Å². The second kappa shape index (κ2) is 7.32. The molecule has 0 aliphatic heterocycles. The number of anilines is 1. The summed E-state index contributed by atoms with van der Waals surface area (Å²) in [6, 6.07) is 11.8. The highest BCUT2D eigenvalue weighted by Crippen LogP contribution is 2.24. The first-order valence-corrected chi connectivity index (χ1v) is 9.78. The summed E-state index contributed by atoms with van der Waals surface area (Å²) >= 11 is 0. The van der Waals surface area contributed by atoms with Gasteiger partial charge in [-0.05, 0) is 49.4 Å². The Kier molecular flexibility index (Phi) is 4.47. The van der Waals surface area contributed by atoms with Gasteiger partial charge in [-0.3, -0.25) is 14.8 Å². The van der Waals surface area contributed by atoms with Gasteiger partial charge in [0.05, 0.1) is 29.5 Å². The number of aryl methyl sites for hydroxylation is 2. The van der Waals surface area contributed by atoms with Crippen LogP contribution in [0.1, 0.15) is 22.0 Å². The molecule has 0 spiro atoms. The highest BCUT2D eigenvalue weighted by atomic mass is 19.1.